The number of halogens is 2. The first kappa shape index (κ1) is 15.6. The number of hydrogen-bond donors (Lipinski definition) is 1. The molecule has 0 saturated heterocycles. The average molecular weight is 342 g/mol. The van der Waals surface area contributed by atoms with Crippen LogP contribution in [0.25, 0.3) is 0 Å². The Hall–Kier alpha value is -1.81. The Kier molecular flexibility index (Phi) is 4.37. The zero-order chi connectivity index (χ0) is 15.6. The van der Waals surface area contributed by atoms with E-state index in [9.17, 15) is 8.42 Å². The lowest BCUT2D eigenvalue weighted by molar-refractivity contribution is 0.601. The Morgan fingerprint density at radius 1 is 1.29 bits per heavy atom. The summed E-state index contributed by atoms with van der Waals surface area (Å²) >= 11 is 11.7. The Labute approximate surface area is 132 Å². The van der Waals surface area contributed by atoms with Crippen LogP contribution in [-0.4, -0.2) is 13.4 Å². The molecule has 2 aromatic rings. The summed E-state index contributed by atoms with van der Waals surface area (Å²) in [6.45, 7) is 1.65. The molecule has 0 radical (unpaired) electrons. The van der Waals surface area contributed by atoms with Gasteiger partial charge in [0.2, 0.25) is 0 Å². The van der Waals surface area contributed by atoms with Gasteiger partial charge in [-0.3, -0.25) is 4.72 Å². The van der Waals surface area contributed by atoms with Crippen LogP contribution in [0.1, 0.15) is 11.1 Å². The van der Waals surface area contributed by atoms with Gasteiger partial charge in [0.15, 0.2) is 5.15 Å². The maximum atomic E-state index is 12.4. The van der Waals surface area contributed by atoms with Crippen LogP contribution in [0.15, 0.2) is 35.2 Å². The minimum atomic E-state index is -3.95. The second-order valence-corrected chi connectivity index (χ2v) is 6.54. The summed E-state index contributed by atoms with van der Waals surface area (Å²) in [7, 11) is -3.95. The van der Waals surface area contributed by atoms with E-state index >= 15 is 0 Å². The fraction of sp³-hybridized carbons (Fsp3) is 0.0769. The maximum absolute atomic E-state index is 12.4. The number of anilines is 1. The predicted molar refractivity (Wildman–Crippen MR) is 81.0 cm³/mol. The zero-order valence-corrected chi connectivity index (χ0v) is 13.1. The number of hydrogen-bond acceptors (Lipinski definition) is 4. The van der Waals surface area contributed by atoms with E-state index in [-0.39, 0.29) is 26.5 Å². The van der Waals surface area contributed by atoms with Gasteiger partial charge in [0.05, 0.1) is 11.3 Å². The summed E-state index contributed by atoms with van der Waals surface area (Å²) in [6, 6.07) is 9.20. The lowest BCUT2D eigenvalue weighted by Gasteiger charge is -2.12. The van der Waals surface area contributed by atoms with Crippen LogP contribution in [-0.2, 0) is 10.0 Å². The molecule has 8 heteroatoms. The molecule has 108 valence electrons. The molecule has 0 aliphatic carbocycles. The Bertz CT molecular complexity index is 822. The van der Waals surface area contributed by atoms with Gasteiger partial charge in [-0.15, -0.1) is 0 Å². The van der Waals surface area contributed by atoms with E-state index < -0.39 is 10.0 Å². The van der Waals surface area contributed by atoms with E-state index in [0.717, 1.165) is 0 Å². The predicted octanol–water partition coefficient (Wildman–Crippen LogP) is 3.37. The molecule has 0 saturated carbocycles. The molecule has 0 amide bonds. The van der Waals surface area contributed by atoms with Gasteiger partial charge in [0, 0.05) is 0 Å². The number of nitrogens with zero attached hydrogens (tertiary/aromatic N) is 2. The van der Waals surface area contributed by atoms with Gasteiger partial charge in [-0.25, -0.2) is 13.4 Å². The third-order valence-electron chi connectivity index (χ3n) is 2.67. The summed E-state index contributed by atoms with van der Waals surface area (Å²) in [4.78, 5) is 3.67. The molecule has 0 spiro atoms. The summed E-state index contributed by atoms with van der Waals surface area (Å²) in [5.74, 6) is 0. The number of nitrogens with one attached hydrogen (secondary N) is 1. The lowest BCUT2D eigenvalue weighted by Crippen LogP contribution is -2.15. The minimum Gasteiger partial charge on any atom is -0.276 e. The van der Waals surface area contributed by atoms with E-state index in [4.69, 9.17) is 28.5 Å². The third-order valence-corrected chi connectivity index (χ3v) is 4.55. The molecule has 0 bridgehead atoms. The van der Waals surface area contributed by atoms with Gasteiger partial charge in [-0.1, -0.05) is 35.3 Å². The second kappa shape index (κ2) is 5.90. The number of rotatable bonds is 3. The van der Waals surface area contributed by atoms with E-state index in [0.29, 0.717) is 5.56 Å². The van der Waals surface area contributed by atoms with E-state index in [1.54, 1.807) is 13.0 Å². The molecular formula is C13H9Cl2N3O2S. The topological polar surface area (TPSA) is 82.8 Å². The van der Waals surface area contributed by atoms with Gasteiger partial charge >= 0.3 is 0 Å². The maximum Gasteiger partial charge on any atom is 0.263 e. The summed E-state index contributed by atoms with van der Waals surface area (Å²) in [5.41, 5.74) is 0.701. The van der Waals surface area contributed by atoms with Gasteiger partial charge in [-0.05, 0) is 30.7 Å². The van der Waals surface area contributed by atoms with Crippen LogP contribution in [0.4, 0.5) is 5.69 Å². The van der Waals surface area contributed by atoms with Crippen molar-refractivity contribution in [2.75, 3.05) is 4.72 Å². The second-order valence-electron chi connectivity index (χ2n) is 4.14. The summed E-state index contributed by atoms with van der Waals surface area (Å²) in [5, 5.41) is 9.10. The Balaban J connectivity index is 2.51. The van der Waals surface area contributed by atoms with E-state index in [1.807, 2.05) is 6.07 Å². The zero-order valence-electron chi connectivity index (χ0n) is 10.8. The molecule has 1 N–H and O–H groups in total. The highest BCUT2D eigenvalue weighted by atomic mass is 35.5. The highest BCUT2D eigenvalue weighted by Gasteiger charge is 2.21. The normalized spacial score (nSPS) is 11.0. The van der Waals surface area contributed by atoms with Gasteiger partial charge in [-0.2, -0.15) is 5.26 Å². The van der Waals surface area contributed by atoms with E-state index in [1.165, 1.54) is 24.3 Å². The third kappa shape index (κ3) is 3.27. The first-order valence-electron chi connectivity index (χ1n) is 5.70. The highest BCUT2D eigenvalue weighted by Crippen LogP contribution is 2.29. The Morgan fingerprint density at radius 2 is 1.95 bits per heavy atom. The smallest absolute Gasteiger partial charge is 0.263 e. The highest BCUT2D eigenvalue weighted by molar-refractivity contribution is 7.92. The van der Waals surface area contributed by atoms with Crippen LogP contribution in [0, 0.1) is 18.3 Å². The molecule has 1 aromatic carbocycles. The summed E-state index contributed by atoms with van der Waals surface area (Å²) in [6.07, 6.45) is 0. The number of sulfonamides is 1. The molecule has 0 aliphatic rings. The molecule has 0 unspecified atom stereocenters. The van der Waals surface area contributed by atoms with Crippen molar-refractivity contribution in [2.45, 2.75) is 11.8 Å². The van der Waals surface area contributed by atoms with Crippen molar-refractivity contribution in [3.8, 4) is 6.07 Å². The molecule has 2 rings (SSSR count). The van der Waals surface area contributed by atoms with Crippen molar-refractivity contribution in [3.63, 3.8) is 0 Å². The van der Waals surface area contributed by atoms with Gasteiger partial charge in [0.25, 0.3) is 10.0 Å². The van der Waals surface area contributed by atoms with Crippen LogP contribution >= 0.6 is 23.2 Å². The van der Waals surface area contributed by atoms with Crippen molar-refractivity contribution in [1.82, 2.24) is 4.98 Å². The molecular weight excluding hydrogens is 333 g/mol. The molecule has 0 fully saturated rings. The average Bonchev–Trinajstić information content (AvgIpc) is 2.43. The molecule has 5 nitrogen and oxygen atoms in total. The van der Waals surface area contributed by atoms with Crippen molar-refractivity contribution >= 4 is 38.9 Å². The largest absolute Gasteiger partial charge is 0.276 e. The molecule has 0 atom stereocenters. The molecule has 0 aliphatic heterocycles. The van der Waals surface area contributed by atoms with E-state index in [2.05, 4.69) is 9.71 Å². The van der Waals surface area contributed by atoms with Crippen LogP contribution in [0.2, 0.25) is 10.3 Å². The Morgan fingerprint density at radius 3 is 2.57 bits per heavy atom. The number of pyridine rings is 1. The molecule has 1 heterocycles. The quantitative estimate of drug-likeness (QED) is 0.867. The van der Waals surface area contributed by atoms with Crippen LogP contribution < -0.4 is 4.72 Å². The standard InChI is InChI=1S/C13H9Cl2N3O2S/c1-8-6-11(14)17-13(15)12(8)18-21(19,20)10-5-3-2-4-9(10)7-16/h2-6,18H,1H3. The molecule has 1 aromatic heterocycles. The van der Waals surface area contributed by atoms with Crippen LogP contribution in [0.3, 0.4) is 0 Å². The van der Waals surface area contributed by atoms with Crippen LogP contribution in [0.5, 0.6) is 0 Å². The first-order chi connectivity index (χ1) is 9.85. The number of nitriles is 1. The first-order valence-corrected chi connectivity index (χ1v) is 7.93. The minimum absolute atomic E-state index is 0.0423. The van der Waals surface area contributed by atoms with Crippen molar-refractivity contribution in [3.05, 3.63) is 51.8 Å². The van der Waals surface area contributed by atoms with Crippen molar-refractivity contribution in [2.24, 2.45) is 0 Å². The fourth-order valence-corrected chi connectivity index (χ4v) is 3.63. The number of aryl methyl sites for hydroxylation is 1. The van der Waals surface area contributed by atoms with Crippen molar-refractivity contribution in [1.29, 1.82) is 5.26 Å². The summed E-state index contributed by atoms with van der Waals surface area (Å²) < 4.78 is 27.1. The fourth-order valence-electron chi connectivity index (χ4n) is 1.70. The SMILES string of the molecule is Cc1cc(Cl)nc(Cl)c1NS(=O)(=O)c1ccccc1C#N. The van der Waals surface area contributed by atoms with Crippen molar-refractivity contribution < 1.29 is 8.42 Å². The monoisotopic (exact) mass is 341 g/mol. The van der Waals surface area contributed by atoms with Gasteiger partial charge in [0.1, 0.15) is 16.1 Å². The number of aromatic nitrogens is 1. The van der Waals surface area contributed by atoms with Gasteiger partial charge < -0.3 is 0 Å². The lowest BCUT2D eigenvalue weighted by atomic mass is 10.2. The molecule has 21 heavy (non-hydrogen) atoms. The number of benzene rings is 1.